The molecule has 2 heterocycles. The maximum atomic E-state index is 13.4. The van der Waals surface area contributed by atoms with E-state index in [1.807, 2.05) is 13.0 Å². The van der Waals surface area contributed by atoms with Gasteiger partial charge in [0, 0.05) is 0 Å². The van der Waals surface area contributed by atoms with Crippen molar-refractivity contribution in [2.75, 3.05) is 11.6 Å². The van der Waals surface area contributed by atoms with Crippen LogP contribution in [0, 0.1) is 5.82 Å². The lowest BCUT2D eigenvalue weighted by Gasteiger charge is -2.37. The Kier molecular flexibility index (Phi) is 4.68. The number of hydrazine groups is 1. The molecule has 0 saturated heterocycles. The third-order valence-electron chi connectivity index (χ3n) is 4.56. The molecular weight excluding hydrogens is 363 g/mol. The van der Waals surface area contributed by atoms with Crippen molar-refractivity contribution in [3.63, 3.8) is 0 Å². The van der Waals surface area contributed by atoms with Crippen LogP contribution in [0.25, 0.3) is 11.0 Å². The minimum absolute atomic E-state index is 0.162. The quantitative estimate of drug-likeness (QED) is 0.629. The highest BCUT2D eigenvalue weighted by Crippen LogP contribution is 2.28. The number of imide groups is 1. The lowest BCUT2D eigenvalue weighted by atomic mass is 10.3. The van der Waals surface area contributed by atoms with Crippen LogP contribution in [0.3, 0.4) is 0 Å². The molecule has 0 radical (unpaired) electrons. The number of rotatable bonds is 4. The Labute approximate surface area is 160 Å². The number of nitrogens with zero attached hydrogens (tertiary/aromatic N) is 4. The van der Waals surface area contributed by atoms with Gasteiger partial charge in [-0.05, 0) is 42.8 Å². The zero-order chi connectivity index (χ0) is 19.7. The van der Waals surface area contributed by atoms with Crippen LogP contribution >= 0.6 is 0 Å². The van der Waals surface area contributed by atoms with Crippen LogP contribution < -0.4 is 5.01 Å². The highest BCUT2D eigenvalue weighted by atomic mass is 19.1. The summed E-state index contributed by atoms with van der Waals surface area (Å²) in [5, 5.41) is 2.40. The molecule has 0 fully saturated rings. The molecule has 0 atom stereocenters. The fourth-order valence-corrected chi connectivity index (χ4v) is 3.16. The topological polar surface area (TPSA) is 67.7 Å². The first-order chi connectivity index (χ1) is 13.6. The first-order valence-electron chi connectivity index (χ1n) is 9.10. The SMILES string of the molecule is CCCCOC(=O)N1C(=O)n2c(nc3ccccc32)CN1c1ccc(F)cc1. The summed E-state index contributed by atoms with van der Waals surface area (Å²) < 4.78 is 20.1. The van der Waals surface area contributed by atoms with Gasteiger partial charge in [-0.2, -0.15) is 0 Å². The number of aromatic nitrogens is 2. The number of benzene rings is 2. The van der Waals surface area contributed by atoms with Crippen LogP contribution in [0.15, 0.2) is 48.5 Å². The summed E-state index contributed by atoms with van der Waals surface area (Å²) in [4.78, 5) is 30.5. The van der Waals surface area contributed by atoms with Crippen LogP contribution in [0.1, 0.15) is 25.6 Å². The van der Waals surface area contributed by atoms with E-state index >= 15 is 0 Å². The summed E-state index contributed by atoms with van der Waals surface area (Å²) in [6, 6.07) is 12.2. The van der Waals surface area contributed by atoms with Gasteiger partial charge >= 0.3 is 12.1 Å². The molecule has 2 aromatic carbocycles. The van der Waals surface area contributed by atoms with Crippen molar-refractivity contribution in [2.45, 2.75) is 26.3 Å². The van der Waals surface area contributed by atoms with Crippen LogP contribution in [0.5, 0.6) is 0 Å². The maximum Gasteiger partial charge on any atom is 0.437 e. The van der Waals surface area contributed by atoms with Gasteiger partial charge in [-0.15, -0.1) is 5.01 Å². The number of carbonyl (C=O) groups is 2. The number of para-hydroxylation sites is 2. The van der Waals surface area contributed by atoms with E-state index in [0.717, 1.165) is 11.4 Å². The summed E-state index contributed by atoms with van der Waals surface area (Å²) in [5.41, 5.74) is 1.76. The van der Waals surface area contributed by atoms with Crippen LogP contribution in [0.4, 0.5) is 19.7 Å². The van der Waals surface area contributed by atoms with Gasteiger partial charge in [0.15, 0.2) is 0 Å². The molecule has 0 spiro atoms. The number of imidazole rings is 1. The number of hydrogen-bond donors (Lipinski definition) is 0. The van der Waals surface area contributed by atoms with Gasteiger partial charge in [-0.25, -0.2) is 23.5 Å². The highest BCUT2D eigenvalue weighted by molar-refractivity contribution is 6.00. The monoisotopic (exact) mass is 382 g/mol. The van der Waals surface area contributed by atoms with E-state index in [1.54, 1.807) is 18.2 Å². The van der Waals surface area contributed by atoms with E-state index in [4.69, 9.17) is 4.74 Å². The van der Waals surface area contributed by atoms with Gasteiger partial charge in [0.25, 0.3) is 0 Å². The molecule has 0 saturated carbocycles. The molecule has 1 aromatic heterocycles. The molecule has 0 aliphatic carbocycles. The predicted octanol–water partition coefficient (Wildman–Crippen LogP) is 4.32. The average molecular weight is 382 g/mol. The van der Waals surface area contributed by atoms with Crippen LogP contribution in [0.2, 0.25) is 0 Å². The minimum atomic E-state index is -0.772. The molecule has 1 aliphatic rings. The Morgan fingerprint density at radius 1 is 1.18 bits per heavy atom. The largest absolute Gasteiger partial charge is 0.448 e. The second-order valence-corrected chi connectivity index (χ2v) is 6.45. The molecule has 144 valence electrons. The van der Waals surface area contributed by atoms with Gasteiger partial charge in [0.2, 0.25) is 0 Å². The first-order valence-corrected chi connectivity index (χ1v) is 9.10. The van der Waals surface area contributed by atoms with Crippen molar-refractivity contribution >= 4 is 28.8 Å². The number of ether oxygens (including phenoxy) is 1. The number of unbranched alkanes of at least 4 members (excludes halogenated alkanes) is 1. The van der Waals surface area contributed by atoms with Crippen molar-refractivity contribution in [2.24, 2.45) is 0 Å². The summed E-state index contributed by atoms with van der Waals surface area (Å²) in [6.45, 7) is 2.36. The van der Waals surface area contributed by atoms with Gasteiger partial charge in [0.05, 0.1) is 29.9 Å². The number of carbonyl (C=O) groups excluding carboxylic acids is 2. The first kappa shape index (κ1) is 18.0. The predicted molar refractivity (Wildman–Crippen MR) is 101 cm³/mol. The van der Waals surface area contributed by atoms with Crippen LogP contribution in [-0.4, -0.2) is 33.3 Å². The lowest BCUT2D eigenvalue weighted by Crippen LogP contribution is -2.55. The second kappa shape index (κ2) is 7.30. The maximum absolute atomic E-state index is 13.4. The molecule has 1 aliphatic heterocycles. The molecule has 7 nitrogen and oxygen atoms in total. The third-order valence-corrected chi connectivity index (χ3v) is 4.56. The molecule has 0 unspecified atom stereocenters. The molecule has 28 heavy (non-hydrogen) atoms. The van der Waals surface area contributed by atoms with E-state index in [2.05, 4.69) is 4.98 Å². The zero-order valence-electron chi connectivity index (χ0n) is 15.3. The van der Waals surface area contributed by atoms with Gasteiger partial charge in [-0.1, -0.05) is 25.5 Å². The summed E-state index contributed by atoms with van der Waals surface area (Å²) >= 11 is 0. The molecule has 3 aromatic rings. The Bertz CT molecular complexity index is 1030. The Hall–Kier alpha value is -3.42. The van der Waals surface area contributed by atoms with Crippen molar-refractivity contribution in [1.29, 1.82) is 0 Å². The smallest absolute Gasteiger partial charge is 0.437 e. The fourth-order valence-electron chi connectivity index (χ4n) is 3.16. The van der Waals surface area contributed by atoms with Crippen molar-refractivity contribution in [3.8, 4) is 0 Å². The molecule has 2 amide bonds. The number of anilines is 1. The minimum Gasteiger partial charge on any atom is -0.448 e. The van der Waals surface area contributed by atoms with E-state index in [1.165, 1.54) is 33.8 Å². The molecule has 0 N–H and O–H groups in total. The zero-order valence-corrected chi connectivity index (χ0v) is 15.3. The normalized spacial score (nSPS) is 13.7. The van der Waals surface area contributed by atoms with Gasteiger partial charge < -0.3 is 4.74 Å². The van der Waals surface area contributed by atoms with E-state index in [9.17, 15) is 14.0 Å². The number of amides is 2. The lowest BCUT2D eigenvalue weighted by molar-refractivity contribution is 0.101. The Morgan fingerprint density at radius 3 is 2.68 bits per heavy atom. The Balaban J connectivity index is 1.77. The fraction of sp³-hybridized carbons (Fsp3) is 0.250. The molecular formula is C20H19FN4O3. The van der Waals surface area contributed by atoms with Crippen molar-refractivity contribution in [1.82, 2.24) is 14.6 Å². The van der Waals surface area contributed by atoms with Gasteiger partial charge in [0.1, 0.15) is 11.6 Å². The van der Waals surface area contributed by atoms with E-state index in [0.29, 0.717) is 29.0 Å². The summed E-state index contributed by atoms with van der Waals surface area (Å²) in [6.07, 6.45) is 0.786. The molecule has 0 bridgehead atoms. The second-order valence-electron chi connectivity index (χ2n) is 6.45. The van der Waals surface area contributed by atoms with E-state index < -0.39 is 17.9 Å². The Morgan fingerprint density at radius 2 is 1.93 bits per heavy atom. The molecule has 8 heteroatoms. The summed E-state index contributed by atoms with van der Waals surface area (Å²) in [7, 11) is 0. The average Bonchev–Trinajstić information content (AvgIpc) is 3.07. The molecule has 4 rings (SSSR count). The number of halogens is 1. The van der Waals surface area contributed by atoms with Crippen LogP contribution in [-0.2, 0) is 11.3 Å². The standard InChI is InChI=1S/C20H19FN4O3/c1-2-3-12-28-20(27)25-19(26)24-17-7-5-4-6-16(17)22-18(24)13-23(25)15-10-8-14(21)9-11-15/h4-11H,2-3,12-13H2,1H3. The number of hydrogen-bond acceptors (Lipinski definition) is 5. The number of fused-ring (bicyclic) bond motifs is 3. The summed E-state index contributed by atoms with van der Waals surface area (Å²) in [5.74, 6) is 0.0875. The van der Waals surface area contributed by atoms with Gasteiger partial charge in [-0.3, -0.25) is 5.01 Å². The van der Waals surface area contributed by atoms with Crippen molar-refractivity contribution in [3.05, 3.63) is 60.2 Å². The highest BCUT2D eigenvalue weighted by Gasteiger charge is 2.38. The van der Waals surface area contributed by atoms with E-state index in [-0.39, 0.29) is 13.2 Å². The third kappa shape index (κ3) is 3.06. The van der Waals surface area contributed by atoms with Crippen molar-refractivity contribution < 1.29 is 18.7 Å².